The molecule has 0 spiro atoms. The molecule has 1 aromatic carbocycles. The number of aromatic nitrogens is 1. The summed E-state index contributed by atoms with van der Waals surface area (Å²) in [6, 6.07) is 4.46. The second-order valence-electron chi connectivity index (χ2n) is 3.77. The molecule has 0 atom stereocenters. The van der Waals surface area contributed by atoms with Gasteiger partial charge in [0, 0.05) is 12.3 Å². The van der Waals surface area contributed by atoms with Crippen molar-refractivity contribution in [2.24, 2.45) is 0 Å². The predicted octanol–water partition coefficient (Wildman–Crippen LogP) is 1.58. The van der Waals surface area contributed by atoms with E-state index in [9.17, 15) is 17.6 Å². The van der Waals surface area contributed by atoms with E-state index in [0.717, 1.165) is 18.4 Å². The van der Waals surface area contributed by atoms with Gasteiger partial charge in [0.2, 0.25) is 0 Å². The lowest BCUT2D eigenvalue weighted by Gasteiger charge is -2.05. The fraction of sp³-hybridized carbons (Fsp3) is 0.0909. The van der Waals surface area contributed by atoms with Gasteiger partial charge >= 0.3 is 5.97 Å². The third-order valence-electron chi connectivity index (χ3n) is 2.35. The van der Waals surface area contributed by atoms with Gasteiger partial charge in [0.25, 0.3) is 0 Å². The molecule has 19 heavy (non-hydrogen) atoms. The number of carboxylic acids is 1. The van der Waals surface area contributed by atoms with Crippen LogP contribution >= 0.6 is 0 Å². The number of halogens is 1. The summed E-state index contributed by atoms with van der Waals surface area (Å²) >= 11 is 0. The standard InChI is InChI=1S/C11H8FNO5S/c1-19(16,17)9-4-2-3-6(12)10(9)8-5-7(11(14)15)13-18-8/h2-5H,1H3,(H,14,15). The first-order valence-corrected chi connectivity index (χ1v) is 6.89. The highest BCUT2D eigenvalue weighted by Crippen LogP contribution is 2.30. The van der Waals surface area contributed by atoms with Crippen molar-refractivity contribution in [2.45, 2.75) is 4.90 Å². The molecule has 1 aromatic heterocycles. The van der Waals surface area contributed by atoms with Crippen molar-refractivity contribution in [1.29, 1.82) is 0 Å². The molecule has 8 heteroatoms. The van der Waals surface area contributed by atoms with E-state index in [2.05, 4.69) is 5.16 Å². The Morgan fingerprint density at radius 3 is 2.63 bits per heavy atom. The molecule has 0 amide bonds. The first kappa shape index (κ1) is 13.2. The topological polar surface area (TPSA) is 97.5 Å². The highest BCUT2D eigenvalue weighted by molar-refractivity contribution is 7.90. The van der Waals surface area contributed by atoms with Gasteiger partial charge in [-0.15, -0.1) is 0 Å². The van der Waals surface area contributed by atoms with Crippen LogP contribution in [0.25, 0.3) is 11.3 Å². The lowest BCUT2D eigenvalue weighted by atomic mass is 10.1. The first-order chi connectivity index (χ1) is 8.80. The number of aromatic carboxylic acids is 1. The Hall–Kier alpha value is -2.22. The Labute approximate surface area is 107 Å². The average molecular weight is 285 g/mol. The molecule has 6 nitrogen and oxygen atoms in total. The zero-order chi connectivity index (χ0) is 14.2. The van der Waals surface area contributed by atoms with E-state index < -0.39 is 27.3 Å². The van der Waals surface area contributed by atoms with Crippen LogP contribution < -0.4 is 0 Å². The number of benzene rings is 1. The predicted molar refractivity (Wildman–Crippen MR) is 62.0 cm³/mol. The minimum Gasteiger partial charge on any atom is -0.476 e. The summed E-state index contributed by atoms with van der Waals surface area (Å²) in [6.45, 7) is 0. The van der Waals surface area contributed by atoms with E-state index in [4.69, 9.17) is 9.63 Å². The Morgan fingerprint density at radius 1 is 1.42 bits per heavy atom. The summed E-state index contributed by atoms with van der Waals surface area (Å²) in [7, 11) is -3.69. The number of hydrogen-bond acceptors (Lipinski definition) is 5. The minimum absolute atomic E-state index is 0.254. The van der Waals surface area contributed by atoms with Crippen LogP contribution in [0, 0.1) is 5.82 Å². The van der Waals surface area contributed by atoms with Gasteiger partial charge in [-0.1, -0.05) is 11.2 Å². The summed E-state index contributed by atoms with van der Waals surface area (Å²) in [5.41, 5.74) is -0.761. The number of sulfone groups is 1. The Morgan fingerprint density at radius 2 is 2.11 bits per heavy atom. The van der Waals surface area contributed by atoms with Gasteiger partial charge < -0.3 is 9.63 Å². The van der Waals surface area contributed by atoms with Crippen molar-refractivity contribution in [3.05, 3.63) is 35.8 Å². The second kappa shape index (κ2) is 4.47. The summed E-state index contributed by atoms with van der Waals surface area (Å²) in [5.74, 6) is -2.45. The molecule has 0 fully saturated rings. The maximum atomic E-state index is 13.8. The van der Waals surface area contributed by atoms with Gasteiger partial charge in [-0.3, -0.25) is 0 Å². The second-order valence-corrected chi connectivity index (χ2v) is 5.75. The molecule has 0 aliphatic carbocycles. The largest absolute Gasteiger partial charge is 0.476 e. The van der Waals surface area contributed by atoms with Gasteiger partial charge in [0.05, 0.1) is 10.5 Å². The maximum Gasteiger partial charge on any atom is 0.358 e. The fourth-order valence-corrected chi connectivity index (χ4v) is 2.44. The molecule has 2 aromatic rings. The molecule has 0 radical (unpaired) electrons. The molecule has 1 heterocycles. The van der Waals surface area contributed by atoms with Crippen LogP contribution in [-0.2, 0) is 9.84 Å². The van der Waals surface area contributed by atoms with Crippen molar-refractivity contribution >= 4 is 15.8 Å². The van der Waals surface area contributed by atoms with Crippen LogP contribution in [0.2, 0.25) is 0 Å². The summed E-state index contributed by atoms with van der Waals surface area (Å²) in [4.78, 5) is 10.4. The monoisotopic (exact) mass is 285 g/mol. The number of hydrogen-bond donors (Lipinski definition) is 1. The molecule has 0 unspecified atom stereocenters. The molecule has 100 valence electrons. The quantitative estimate of drug-likeness (QED) is 0.919. The highest BCUT2D eigenvalue weighted by Gasteiger charge is 2.22. The van der Waals surface area contributed by atoms with Crippen LogP contribution in [0.4, 0.5) is 4.39 Å². The van der Waals surface area contributed by atoms with Gasteiger partial charge in [-0.2, -0.15) is 0 Å². The van der Waals surface area contributed by atoms with E-state index >= 15 is 0 Å². The van der Waals surface area contributed by atoms with Crippen LogP contribution in [0.5, 0.6) is 0 Å². The molecular formula is C11H8FNO5S. The SMILES string of the molecule is CS(=O)(=O)c1cccc(F)c1-c1cc(C(=O)O)no1. The lowest BCUT2D eigenvalue weighted by Crippen LogP contribution is -2.01. The third-order valence-corrected chi connectivity index (χ3v) is 3.49. The zero-order valence-electron chi connectivity index (χ0n) is 9.62. The van der Waals surface area contributed by atoms with Crippen LogP contribution in [0.1, 0.15) is 10.5 Å². The molecule has 0 aliphatic rings. The number of carboxylic acid groups (broad SMARTS) is 1. The maximum absolute atomic E-state index is 13.8. The van der Waals surface area contributed by atoms with Crippen molar-refractivity contribution in [3.8, 4) is 11.3 Å². The Balaban J connectivity index is 2.70. The molecule has 0 saturated carbocycles. The summed E-state index contributed by atoms with van der Waals surface area (Å²) in [5, 5.41) is 11.9. The summed E-state index contributed by atoms with van der Waals surface area (Å²) < 4.78 is 41.6. The molecule has 0 bridgehead atoms. The highest BCUT2D eigenvalue weighted by atomic mass is 32.2. The van der Waals surface area contributed by atoms with E-state index in [1.54, 1.807) is 0 Å². The lowest BCUT2D eigenvalue weighted by molar-refractivity contribution is 0.0686. The van der Waals surface area contributed by atoms with Crippen molar-refractivity contribution < 1.29 is 27.2 Å². The van der Waals surface area contributed by atoms with Crippen LogP contribution in [-0.4, -0.2) is 30.9 Å². The van der Waals surface area contributed by atoms with Gasteiger partial charge in [-0.05, 0) is 12.1 Å². The van der Waals surface area contributed by atoms with Crippen LogP contribution in [0.3, 0.4) is 0 Å². The smallest absolute Gasteiger partial charge is 0.358 e. The normalized spacial score (nSPS) is 11.5. The van der Waals surface area contributed by atoms with Crippen molar-refractivity contribution in [2.75, 3.05) is 6.26 Å². The van der Waals surface area contributed by atoms with Crippen LogP contribution in [0.15, 0.2) is 33.7 Å². The molecule has 1 N–H and O–H groups in total. The number of rotatable bonds is 3. The van der Waals surface area contributed by atoms with E-state index in [0.29, 0.717) is 0 Å². The van der Waals surface area contributed by atoms with E-state index in [-0.39, 0.29) is 16.2 Å². The van der Waals surface area contributed by atoms with E-state index in [1.807, 2.05) is 0 Å². The summed E-state index contributed by atoms with van der Waals surface area (Å²) in [6.07, 6.45) is 0.916. The van der Waals surface area contributed by atoms with E-state index in [1.165, 1.54) is 12.1 Å². The molecule has 0 aliphatic heterocycles. The zero-order valence-corrected chi connectivity index (χ0v) is 10.4. The fourth-order valence-electron chi connectivity index (χ4n) is 1.55. The third kappa shape index (κ3) is 2.48. The molecular weight excluding hydrogens is 277 g/mol. The van der Waals surface area contributed by atoms with Crippen molar-refractivity contribution in [3.63, 3.8) is 0 Å². The molecule has 2 rings (SSSR count). The average Bonchev–Trinajstić information content (AvgIpc) is 2.76. The van der Waals surface area contributed by atoms with Gasteiger partial charge in [0.15, 0.2) is 21.3 Å². The first-order valence-electron chi connectivity index (χ1n) is 4.99. The molecule has 0 saturated heterocycles. The van der Waals surface area contributed by atoms with Crippen molar-refractivity contribution in [1.82, 2.24) is 5.16 Å². The Kier molecular flexibility index (Phi) is 3.11. The number of nitrogens with zero attached hydrogens (tertiary/aromatic N) is 1. The van der Waals surface area contributed by atoms with Gasteiger partial charge in [-0.25, -0.2) is 17.6 Å². The minimum atomic E-state index is -3.69. The van der Waals surface area contributed by atoms with Gasteiger partial charge in [0.1, 0.15) is 5.82 Å². The number of carbonyl (C=O) groups is 1. The Bertz CT molecular complexity index is 750.